The van der Waals surface area contributed by atoms with Crippen molar-refractivity contribution in [2.24, 2.45) is 0 Å². The Morgan fingerprint density at radius 1 is 0.284 bits per heavy atom. The van der Waals surface area contributed by atoms with Gasteiger partial charge in [-0.2, -0.15) is 0 Å². The predicted molar refractivity (Wildman–Crippen MR) is 418 cm³/mol. The van der Waals surface area contributed by atoms with E-state index in [1.807, 2.05) is 18.2 Å². The van der Waals surface area contributed by atoms with Crippen LogP contribution in [0.2, 0.25) is 0 Å². The van der Waals surface area contributed by atoms with E-state index in [-0.39, 0.29) is 25.7 Å². The highest BCUT2D eigenvalue weighted by Gasteiger charge is 2.30. The van der Waals surface area contributed by atoms with Gasteiger partial charge in [0.25, 0.3) is 0 Å². The average Bonchev–Trinajstić information content (AvgIpc) is 0.908. The van der Waals surface area contributed by atoms with E-state index in [1.54, 1.807) is 0 Å². The minimum absolute atomic E-state index is 0.0337. The van der Waals surface area contributed by atoms with Gasteiger partial charge < -0.3 is 33.8 Å². The van der Waals surface area contributed by atoms with E-state index < -0.39 is 97.5 Å². The molecule has 0 bridgehead atoms. The lowest BCUT2D eigenvalue weighted by Crippen LogP contribution is -2.30. The summed E-state index contributed by atoms with van der Waals surface area (Å²) < 4.78 is 68.5. The van der Waals surface area contributed by atoms with Gasteiger partial charge in [0.05, 0.1) is 26.4 Å². The third kappa shape index (κ3) is 74.0. The molecule has 0 rings (SSSR count). The zero-order valence-corrected chi connectivity index (χ0v) is 66.0. The molecule has 0 spiro atoms. The normalized spacial score (nSPS) is 14.5. The molecule has 3 N–H and O–H groups in total. The van der Waals surface area contributed by atoms with Crippen LogP contribution in [0.15, 0.2) is 109 Å². The monoisotopic (exact) mass is 1470 g/mol. The molecule has 0 aromatic rings. The van der Waals surface area contributed by atoms with Crippen molar-refractivity contribution < 1.29 is 80.2 Å². The van der Waals surface area contributed by atoms with Crippen LogP contribution >= 0.6 is 15.6 Å². The number of rotatable bonds is 75. The number of esters is 4. The van der Waals surface area contributed by atoms with Crippen LogP contribution in [0.5, 0.6) is 0 Å². The Balaban J connectivity index is 5.41. The summed E-state index contributed by atoms with van der Waals surface area (Å²) in [5, 5.41) is 10.6. The van der Waals surface area contributed by atoms with Gasteiger partial charge in [0, 0.05) is 25.7 Å². The van der Waals surface area contributed by atoms with Crippen molar-refractivity contribution in [3.63, 3.8) is 0 Å². The first-order chi connectivity index (χ1) is 49.7. The van der Waals surface area contributed by atoms with Gasteiger partial charge in [-0.1, -0.05) is 278 Å². The van der Waals surface area contributed by atoms with Crippen molar-refractivity contribution in [2.75, 3.05) is 39.6 Å². The zero-order valence-electron chi connectivity index (χ0n) is 64.3. The molecule has 0 fully saturated rings. The molecular weight excluding hydrogens is 1330 g/mol. The first kappa shape index (κ1) is 97.7. The Kier molecular flexibility index (Phi) is 71.8. The third-order valence-electron chi connectivity index (χ3n) is 16.7. The first-order valence-electron chi connectivity index (χ1n) is 40.1. The fourth-order valence-corrected chi connectivity index (χ4v) is 12.2. The van der Waals surface area contributed by atoms with Crippen LogP contribution in [0.4, 0.5) is 0 Å². The number of carbonyl (C=O) groups excluding carboxylic acids is 4. The summed E-state index contributed by atoms with van der Waals surface area (Å²) in [6.07, 6.45) is 80.8. The summed E-state index contributed by atoms with van der Waals surface area (Å²) in [6.45, 7) is 4.65. The molecule has 0 saturated heterocycles. The van der Waals surface area contributed by atoms with Gasteiger partial charge >= 0.3 is 39.5 Å². The van der Waals surface area contributed by atoms with E-state index in [0.717, 1.165) is 148 Å². The number of ether oxygens (including phenoxy) is 4. The van der Waals surface area contributed by atoms with Crippen LogP contribution in [0.3, 0.4) is 0 Å². The standard InChI is InChI=1S/C83H144O17P2/c1-5-9-13-17-21-25-29-33-36-37-38-39-42-45-48-52-56-60-64-68-81(86)94-73-78(99-82(87)69-65-61-57-53-49-43-32-28-24-20-16-12-8-4)75-97-101(89,90)95-71-77(84)72-96-102(91,92)98-76-79(100-83(88)70-66-62-58-54-50-46-41-35-31-27-23-19-15-11-7-3)74-93-80(85)67-63-59-55-51-47-44-40-34-30-26-22-18-14-10-6-2/h9,13,21,25,28,32-36,38-41,45,48,56,60,77-79,84H,5-8,10-12,14-20,22-24,26-27,29-31,37,42-44,46-47,49-55,57-59,61-76H2,1-4H3,(H,89,90)(H,91,92)/b13-9-,25-21-,32-28-,36-33-,39-38-,40-34-,41-35-,48-45-,60-56-. The second kappa shape index (κ2) is 75.0. The van der Waals surface area contributed by atoms with Crippen LogP contribution in [0, 0.1) is 0 Å². The summed E-state index contributed by atoms with van der Waals surface area (Å²) in [6, 6.07) is 0. The van der Waals surface area contributed by atoms with E-state index in [2.05, 4.69) is 119 Å². The van der Waals surface area contributed by atoms with Gasteiger partial charge in [0.1, 0.15) is 19.3 Å². The van der Waals surface area contributed by atoms with E-state index >= 15 is 0 Å². The third-order valence-corrected chi connectivity index (χ3v) is 18.6. The number of aliphatic hydroxyl groups is 1. The maximum atomic E-state index is 13.1. The lowest BCUT2D eigenvalue weighted by molar-refractivity contribution is -0.161. The summed E-state index contributed by atoms with van der Waals surface area (Å²) in [5.74, 6) is -2.29. The zero-order chi connectivity index (χ0) is 74.6. The maximum Gasteiger partial charge on any atom is 0.472 e. The summed E-state index contributed by atoms with van der Waals surface area (Å²) in [4.78, 5) is 72.9. The minimum atomic E-state index is -4.99. The number of allylic oxidation sites excluding steroid dienone is 18. The largest absolute Gasteiger partial charge is 0.472 e. The highest BCUT2D eigenvalue weighted by molar-refractivity contribution is 7.47. The molecule has 0 saturated carbocycles. The fourth-order valence-electron chi connectivity index (χ4n) is 10.6. The van der Waals surface area contributed by atoms with Gasteiger partial charge in [0.15, 0.2) is 12.2 Å². The van der Waals surface area contributed by atoms with Gasteiger partial charge in [-0.15, -0.1) is 0 Å². The SMILES string of the molecule is CC/C=C\C/C=C\C/C=C\C/C=C\C/C=C\C/C=C\CCC(=O)OCC(COP(=O)(O)OCC(O)COP(=O)(O)OCC(COC(=O)CCCCCCC/C=C\CCCCCCCC)OC(=O)CCCCCCC/C=C\CCCCCCCC)OC(=O)CCCCCCC/C=C\CCCCCC. The van der Waals surface area contributed by atoms with Crippen molar-refractivity contribution in [3.05, 3.63) is 109 Å². The predicted octanol–water partition coefficient (Wildman–Crippen LogP) is 23.3. The summed E-state index contributed by atoms with van der Waals surface area (Å²) >= 11 is 0. The highest BCUT2D eigenvalue weighted by Crippen LogP contribution is 2.45. The second-order valence-corrected chi connectivity index (χ2v) is 29.5. The molecule has 0 aliphatic rings. The molecule has 19 heteroatoms. The molecule has 0 aromatic heterocycles. The van der Waals surface area contributed by atoms with E-state index in [4.69, 9.17) is 37.0 Å². The van der Waals surface area contributed by atoms with Crippen molar-refractivity contribution in [3.8, 4) is 0 Å². The number of hydrogen-bond donors (Lipinski definition) is 3. The Morgan fingerprint density at radius 3 is 0.853 bits per heavy atom. The number of hydrogen-bond acceptors (Lipinski definition) is 15. The van der Waals surface area contributed by atoms with Gasteiger partial charge in [-0.05, 0) is 141 Å². The first-order valence-corrected chi connectivity index (χ1v) is 43.1. The Hall–Kier alpha value is -4.28. The van der Waals surface area contributed by atoms with E-state index in [1.165, 1.54) is 103 Å². The summed E-state index contributed by atoms with van der Waals surface area (Å²) in [7, 11) is -9.98. The number of phosphoric acid groups is 2. The molecule has 0 aromatic carbocycles. The molecule has 0 radical (unpaired) electrons. The molecule has 5 unspecified atom stereocenters. The van der Waals surface area contributed by atoms with Crippen molar-refractivity contribution in [1.82, 2.24) is 0 Å². The molecule has 0 aliphatic heterocycles. The molecule has 0 heterocycles. The second-order valence-electron chi connectivity index (χ2n) is 26.6. The fraction of sp³-hybridized carbons (Fsp3) is 0.735. The highest BCUT2D eigenvalue weighted by atomic mass is 31.2. The Bertz CT molecular complexity index is 2360. The molecule has 588 valence electrons. The molecule has 102 heavy (non-hydrogen) atoms. The Morgan fingerprint density at radius 2 is 0.529 bits per heavy atom. The molecule has 0 amide bonds. The average molecular weight is 1480 g/mol. The van der Waals surface area contributed by atoms with Gasteiger partial charge in [0.2, 0.25) is 0 Å². The Labute approximate surface area is 619 Å². The van der Waals surface area contributed by atoms with Gasteiger partial charge in [-0.3, -0.25) is 37.3 Å². The topological polar surface area (TPSA) is 237 Å². The smallest absolute Gasteiger partial charge is 0.462 e. The minimum Gasteiger partial charge on any atom is -0.462 e. The number of phosphoric ester groups is 2. The van der Waals surface area contributed by atoms with Crippen molar-refractivity contribution in [2.45, 2.75) is 354 Å². The molecule has 0 aliphatic carbocycles. The number of aliphatic hydroxyl groups excluding tert-OH is 1. The van der Waals surface area contributed by atoms with Crippen LogP contribution in [0.1, 0.15) is 336 Å². The van der Waals surface area contributed by atoms with Crippen molar-refractivity contribution in [1.29, 1.82) is 0 Å². The van der Waals surface area contributed by atoms with Crippen molar-refractivity contribution >= 4 is 39.5 Å². The lowest BCUT2D eigenvalue weighted by atomic mass is 10.1. The number of carbonyl (C=O) groups is 4. The van der Waals surface area contributed by atoms with Crippen LogP contribution in [-0.2, 0) is 65.4 Å². The maximum absolute atomic E-state index is 13.1. The molecular formula is C83H144O17P2. The molecule has 17 nitrogen and oxygen atoms in total. The van der Waals surface area contributed by atoms with E-state index in [9.17, 15) is 43.2 Å². The van der Waals surface area contributed by atoms with Gasteiger partial charge in [-0.25, -0.2) is 9.13 Å². The quantitative estimate of drug-likeness (QED) is 0.0169. The van der Waals surface area contributed by atoms with Crippen LogP contribution < -0.4 is 0 Å². The summed E-state index contributed by atoms with van der Waals surface area (Å²) in [5.41, 5.74) is 0. The lowest BCUT2D eigenvalue weighted by Gasteiger charge is -2.21. The van der Waals surface area contributed by atoms with Crippen LogP contribution in [0.25, 0.3) is 0 Å². The molecule has 5 atom stereocenters. The van der Waals surface area contributed by atoms with E-state index in [0.29, 0.717) is 32.1 Å². The van der Waals surface area contributed by atoms with Crippen LogP contribution in [-0.4, -0.2) is 96.7 Å². The number of unbranched alkanes of at least 4 members (excludes halogenated alkanes) is 31.